The second-order valence-electron chi connectivity index (χ2n) is 7.09. The molecule has 8 heteroatoms. The van der Waals surface area contributed by atoms with E-state index in [4.69, 9.17) is 11.5 Å². The molecule has 2 heterocycles. The molecule has 120 valence electrons. The average Bonchev–Trinajstić information content (AvgIpc) is 2.94. The average molecular weight is 305 g/mol. The molecule has 8 nitrogen and oxygen atoms in total. The quantitative estimate of drug-likeness (QED) is 0.765. The number of nitrogen functional groups attached to an aromatic ring is 2. The number of nitrogens with zero attached hydrogens (tertiary/aromatic N) is 5. The zero-order chi connectivity index (χ0) is 16.1. The highest BCUT2D eigenvalue weighted by molar-refractivity contribution is 5.81. The highest BCUT2D eigenvalue weighted by Crippen LogP contribution is 2.56. The van der Waals surface area contributed by atoms with Crippen LogP contribution in [0.5, 0.6) is 0 Å². The van der Waals surface area contributed by atoms with Gasteiger partial charge in [0, 0.05) is 13.2 Å². The van der Waals surface area contributed by atoms with Crippen LogP contribution in [0, 0.1) is 16.7 Å². The summed E-state index contributed by atoms with van der Waals surface area (Å²) in [5.41, 5.74) is 12.4. The highest BCUT2D eigenvalue weighted by Gasteiger charge is 2.51. The number of aliphatic hydroxyl groups is 1. The first-order valence-electron chi connectivity index (χ1n) is 7.51. The molecule has 2 aromatic rings. The molecule has 0 radical (unpaired) electrons. The molecule has 0 bridgehead atoms. The third-order valence-corrected chi connectivity index (χ3v) is 5.77. The van der Waals surface area contributed by atoms with Crippen molar-refractivity contribution in [1.82, 2.24) is 25.0 Å². The number of anilines is 2. The first kappa shape index (κ1) is 15.0. The van der Waals surface area contributed by atoms with Crippen LogP contribution in [-0.4, -0.2) is 36.7 Å². The number of nitrogens with two attached hydrogens (primary N) is 2. The molecule has 5 N–H and O–H groups in total. The van der Waals surface area contributed by atoms with Crippen molar-refractivity contribution in [3.8, 4) is 0 Å². The van der Waals surface area contributed by atoms with Crippen molar-refractivity contribution in [2.24, 2.45) is 16.7 Å². The van der Waals surface area contributed by atoms with Crippen molar-refractivity contribution in [3.05, 3.63) is 0 Å². The Morgan fingerprint density at radius 1 is 1.27 bits per heavy atom. The molecule has 0 spiro atoms. The van der Waals surface area contributed by atoms with Gasteiger partial charge in [-0.3, -0.25) is 0 Å². The van der Waals surface area contributed by atoms with Gasteiger partial charge in [0.15, 0.2) is 17.0 Å². The topological polar surface area (TPSA) is 129 Å². The minimum absolute atomic E-state index is 0.00978. The van der Waals surface area contributed by atoms with Crippen LogP contribution < -0.4 is 11.5 Å². The van der Waals surface area contributed by atoms with Crippen molar-refractivity contribution in [3.63, 3.8) is 0 Å². The summed E-state index contributed by atoms with van der Waals surface area (Å²) in [5, 5.41) is 18.0. The van der Waals surface area contributed by atoms with Crippen molar-refractivity contribution >= 4 is 22.9 Å². The summed E-state index contributed by atoms with van der Waals surface area (Å²) in [7, 11) is 0. The minimum Gasteiger partial charge on any atom is -0.396 e. The molecule has 22 heavy (non-hydrogen) atoms. The van der Waals surface area contributed by atoms with Crippen molar-refractivity contribution < 1.29 is 5.11 Å². The minimum atomic E-state index is -0.0823. The fourth-order valence-electron chi connectivity index (χ4n) is 3.50. The Kier molecular flexibility index (Phi) is 3.24. The molecular formula is C14H23N7O. The molecule has 0 amide bonds. The zero-order valence-electron chi connectivity index (χ0n) is 13.2. The first-order chi connectivity index (χ1) is 10.3. The van der Waals surface area contributed by atoms with E-state index in [1.165, 1.54) is 0 Å². The molecule has 0 aliphatic heterocycles. The van der Waals surface area contributed by atoms with E-state index in [1.54, 1.807) is 4.68 Å². The lowest BCUT2D eigenvalue weighted by molar-refractivity contribution is 0.0209. The van der Waals surface area contributed by atoms with Gasteiger partial charge in [-0.2, -0.15) is 9.97 Å². The van der Waals surface area contributed by atoms with E-state index in [-0.39, 0.29) is 29.2 Å². The SMILES string of the molecule is CC1(C)[C@@H](Cn2nnc3c(N)nc(N)nc32)CC[C@@]1(C)CO. The predicted octanol–water partition coefficient (Wildman–Crippen LogP) is 0.820. The van der Waals surface area contributed by atoms with Gasteiger partial charge in [-0.05, 0) is 29.6 Å². The molecule has 2 atom stereocenters. The smallest absolute Gasteiger partial charge is 0.224 e. The predicted molar refractivity (Wildman–Crippen MR) is 83.6 cm³/mol. The Hall–Kier alpha value is -1.96. The fourth-order valence-corrected chi connectivity index (χ4v) is 3.50. The number of aromatic nitrogens is 5. The van der Waals surface area contributed by atoms with Crippen LogP contribution >= 0.6 is 0 Å². The van der Waals surface area contributed by atoms with Crippen molar-refractivity contribution in [1.29, 1.82) is 0 Å². The van der Waals surface area contributed by atoms with Gasteiger partial charge >= 0.3 is 0 Å². The van der Waals surface area contributed by atoms with Gasteiger partial charge in [0.25, 0.3) is 0 Å². The van der Waals surface area contributed by atoms with E-state index in [0.29, 0.717) is 23.6 Å². The Balaban J connectivity index is 1.95. The molecule has 1 fully saturated rings. The summed E-state index contributed by atoms with van der Waals surface area (Å²) in [6.45, 7) is 7.42. The Morgan fingerprint density at radius 3 is 2.64 bits per heavy atom. The molecule has 3 rings (SSSR count). The molecule has 2 aromatic heterocycles. The van der Waals surface area contributed by atoms with Gasteiger partial charge in [0.2, 0.25) is 5.95 Å². The first-order valence-corrected chi connectivity index (χ1v) is 7.51. The lowest BCUT2D eigenvalue weighted by Crippen LogP contribution is -2.38. The third-order valence-electron chi connectivity index (χ3n) is 5.77. The summed E-state index contributed by atoms with van der Waals surface area (Å²) in [4.78, 5) is 8.13. The van der Waals surface area contributed by atoms with E-state index in [0.717, 1.165) is 12.8 Å². The summed E-state index contributed by atoms with van der Waals surface area (Å²) in [5.74, 6) is 0.742. The van der Waals surface area contributed by atoms with Crippen LogP contribution in [0.2, 0.25) is 0 Å². The molecule has 1 saturated carbocycles. The van der Waals surface area contributed by atoms with Gasteiger partial charge < -0.3 is 16.6 Å². The van der Waals surface area contributed by atoms with Crippen LogP contribution in [0.15, 0.2) is 0 Å². The van der Waals surface area contributed by atoms with Crippen LogP contribution in [0.1, 0.15) is 33.6 Å². The van der Waals surface area contributed by atoms with E-state index >= 15 is 0 Å². The molecular weight excluding hydrogens is 282 g/mol. The maximum Gasteiger partial charge on any atom is 0.224 e. The normalized spacial score (nSPS) is 27.5. The molecule has 0 saturated heterocycles. The summed E-state index contributed by atoms with van der Waals surface area (Å²) >= 11 is 0. The summed E-state index contributed by atoms with van der Waals surface area (Å²) in [6, 6.07) is 0. The number of rotatable bonds is 3. The van der Waals surface area contributed by atoms with Crippen molar-refractivity contribution in [2.45, 2.75) is 40.2 Å². The lowest BCUT2D eigenvalue weighted by atomic mass is 9.66. The van der Waals surface area contributed by atoms with Crippen LogP contribution in [-0.2, 0) is 6.54 Å². The Labute approximate surface area is 128 Å². The Morgan fingerprint density at radius 2 is 2.00 bits per heavy atom. The standard InChI is InChI=1S/C14H23N7O/c1-13(2)8(4-5-14(13,3)7-22)6-21-11-9(19-20-21)10(15)17-12(16)18-11/h8,22H,4-7H2,1-3H3,(H4,15,16,17,18)/t8-,14+/m1/s1. The molecule has 0 aromatic carbocycles. The van der Waals surface area contributed by atoms with E-state index in [9.17, 15) is 5.11 Å². The maximum absolute atomic E-state index is 9.76. The van der Waals surface area contributed by atoms with Crippen LogP contribution in [0.4, 0.5) is 11.8 Å². The number of aliphatic hydroxyl groups excluding tert-OH is 1. The van der Waals surface area contributed by atoms with Gasteiger partial charge in [-0.15, -0.1) is 5.10 Å². The van der Waals surface area contributed by atoms with Gasteiger partial charge in [0.1, 0.15) is 0 Å². The highest BCUT2D eigenvalue weighted by atomic mass is 16.3. The third kappa shape index (κ3) is 2.01. The monoisotopic (exact) mass is 305 g/mol. The largest absolute Gasteiger partial charge is 0.396 e. The van der Waals surface area contributed by atoms with Crippen molar-refractivity contribution in [2.75, 3.05) is 18.1 Å². The number of hydrogen-bond donors (Lipinski definition) is 3. The Bertz CT molecular complexity index is 711. The zero-order valence-corrected chi connectivity index (χ0v) is 13.2. The summed E-state index contributed by atoms with van der Waals surface area (Å²) in [6.07, 6.45) is 2.02. The van der Waals surface area contributed by atoms with E-state index < -0.39 is 0 Å². The number of hydrogen-bond acceptors (Lipinski definition) is 7. The maximum atomic E-state index is 9.76. The van der Waals surface area contributed by atoms with Gasteiger partial charge in [-0.25, -0.2) is 4.68 Å². The van der Waals surface area contributed by atoms with Crippen LogP contribution in [0.3, 0.4) is 0 Å². The van der Waals surface area contributed by atoms with E-state index in [2.05, 4.69) is 41.1 Å². The van der Waals surface area contributed by atoms with E-state index in [1.807, 2.05) is 0 Å². The summed E-state index contributed by atoms with van der Waals surface area (Å²) < 4.78 is 1.75. The number of fused-ring (bicyclic) bond motifs is 1. The molecule has 0 unspecified atom stereocenters. The second-order valence-corrected chi connectivity index (χ2v) is 7.09. The molecule has 1 aliphatic rings. The second kappa shape index (κ2) is 4.77. The van der Waals surface area contributed by atoms with Crippen LogP contribution in [0.25, 0.3) is 11.2 Å². The van der Waals surface area contributed by atoms with Gasteiger partial charge in [-0.1, -0.05) is 26.0 Å². The van der Waals surface area contributed by atoms with Gasteiger partial charge in [0.05, 0.1) is 0 Å². The fraction of sp³-hybridized carbons (Fsp3) is 0.714. The lowest BCUT2D eigenvalue weighted by Gasteiger charge is -2.40. The molecule has 1 aliphatic carbocycles.